The van der Waals surface area contributed by atoms with E-state index >= 15 is 0 Å². The van der Waals surface area contributed by atoms with Crippen LogP contribution in [0.1, 0.15) is 35.2 Å². The number of amides is 2. The second-order valence-electron chi connectivity index (χ2n) is 8.07. The summed E-state index contributed by atoms with van der Waals surface area (Å²) in [6.07, 6.45) is 2.48. The van der Waals surface area contributed by atoms with Crippen molar-refractivity contribution in [3.05, 3.63) is 71.5 Å². The monoisotopic (exact) mass is 404 g/mol. The van der Waals surface area contributed by atoms with E-state index in [4.69, 9.17) is 5.73 Å². The number of rotatable bonds is 3. The summed E-state index contributed by atoms with van der Waals surface area (Å²) in [6, 6.07) is 16.4. The molecule has 1 atom stereocenters. The number of hydrogen-bond donors (Lipinski definition) is 1. The molecule has 1 aliphatic rings. The molecule has 0 radical (unpaired) electrons. The van der Waals surface area contributed by atoms with Crippen LogP contribution in [0.4, 0.5) is 4.39 Å². The molecular weight excluding hydrogens is 379 g/mol. The number of halogens is 1. The molecule has 1 aliphatic heterocycles. The number of nitrogens with two attached hydrogens (primary N) is 1. The SMILES string of the molecule is Cc1ccc(-c2cccc3cc(C(=O)N4CCCCC(C(N)=O)C4)ccc23)c(F)c1. The van der Waals surface area contributed by atoms with E-state index in [1.165, 1.54) is 6.07 Å². The first kappa shape index (κ1) is 20.1. The number of primary amides is 1. The first-order chi connectivity index (χ1) is 14.4. The number of likely N-dealkylation sites (tertiary alicyclic amines) is 1. The van der Waals surface area contributed by atoms with Crippen LogP contribution in [0.15, 0.2) is 54.6 Å². The predicted octanol–water partition coefficient (Wildman–Crippen LogP) is 4.68. The molecule has 30 heavy (non-hydrogen) atoms. The Morgan fingerprint density at radius 3 is 2.63 bits per heavy atom. The third kappa shape index (κ3) is 3.92. The Morgan fingerprint density at radius 1 is 1.03 bits per heavy atom. The van der Waals surface area contributed by atoms with Gasteiger partial charge in [-0.15, -0.1) is 0 Å². The van der Waals surface area contributed by atoms with E-state index < -0.39 is 0 Å². The van der Waals surface area contributed by atoms with E-state index in [1.54, 1.807) is 17.0 Å². The fraction of sp³-hybridized carbons (Fsp3) is 0.280. The van der Waals surface area contributed by atoms with Crippen molar-refractivity contribution in [3.8, 4) is 11.1 Å². The van der Waals surface area contributed by atoms with Crippen LogP contribution < -0.4 is 5.73 Å². The second-order valence-corrected chi connectivity index (χ2v) is 8.07. The lowest BCUT2D eigenvalue weighted by molar-refractivity contribution is -0.122. The van der Waals surface area contributed by atoms with Gasteiger partial charge in [0.25, 0.3) is 5.91 Å². The minimum atomic E-state index is -0.349. The number of benzene rings is 3. The van der Waals surface area contributed by atoms with Crippen LogP contribution >= 0.6 is 0 Å². The fourth-order valence-corrected chi connectivity index (χ4v) is 4.23. The number of hydrogen-bond acceptors (Lipinski definition) is 2. The van der Waals surface area contributed by atoms with E-state index in [-0.39, 0.29) is 23.5 Å². The van der Waals surface area contributed by atoms with Crippen molar-refractivity contribution >= 4 is 22.6 Å². The lowest BCUT2D eigenvalue weighted by Crippen LogP contribution is -2.38. The highest BCUT2D eigenvalue weighted by atomic mass is 19.1. The number of carbonyl (C=O) groups is 2. The van der Waals surface area contributed by atoms with E-state index in [0.717, 1.165) is 41.2 Å². The average Bonchev–Trinajstić information content (AvgIpc) is 2.99. The molecule has 4 nitrogen and oxygen atoms in total. The van der Waals surface area contributed by atoms with E-state index in [0.29, 0.717) is 24.2 Å². The lowest BCUT2D eigenvalue weighted by Gasteiger charge is -2.23. The molecule has 1 saturated heterocycles. The largest absolute Gasteiger partial charge is 0.369 e. The molecule has 0 aromatic heterocycles. The average molecular weight is 404 g/mol. The maximum absolute atomic E-state index is 14.6. The van der Waals surface area contributed by atoms with Crippen LogP contribution in [-0.2, 0) is 4.79 Å². The molecule has 154 valence electrons. The second kappa shape index (κ2) is 8.27. The van der Waals surface area contributed by atoms with Crippen molar-refractivity contribution in [2.75, 3.05) is 13.1 Å². The van der Waals surface area contributed by atoms with Crippen molar-refractivity contribution in [2.45, 2.75) is 26.2 Å². The molecular formula is C25H25FN2O2. The molecule has 3 aromatic carbocycles. The smallest absolute Gasteiger partial charge is 0.253 e. The van der Waals surface area contributed by atoms with Crippen molar-refractivity contribution in [1.29, 1.82) is 0 Å². The van der Waals surface area contributed by atoms with Crippen LogP contribution in [-0.4, -0.2) is 29.8 Å². The fourth-order valence-electron chi connectivity index (χ4n) is 4.23. The lowest BCUT2D eigenvalue weighted by atomic mass is 9.95. The predicted molar refractivity (Wildman–Crippen MR) is 117 cm³/mol. The van der Waals surface area contributed by atoms with Crippen molar-refractivity contribution in [2.24, 2.45) is 11.7 Å². The molecule has 0 saturated carbocycles. The number of nitrogens with zero attached hydrogens (tertiary/aromatic N) is 1. The van der Waals surface area contributed by atoms with E-state index in [2.05, 4.69) is 0 Å². The summed E-state index contributed by atoms with van der Waals surface area (Å²) in [7, 11) is 0. The van der Waals surface area contributed by atoms with Crippen molar-refractivity contribution in [1.82, 2.24) is 4.90 Å². The first-order valence-electron chi connectivity index (χ1n) is 10.3. The highest BCUT2D eigenvalue weighted by molar-refractivity contribution is 6.03. The normalized spacial score (nSPS) is 17.0. The summed E-state index contributed by atoms with van der Waals surface area (Å²) in [5.41, 5.74) is 8.28. The van der Waals surface area contributed by atoms with Gasteiger partial charge in [-0.2, -0.15) is 0 Å². The zero-order chi connectivity index (χ0) is 21.3. The molecule has 0 bridgehead atoms. The Morgan fingerprint density at radius 2 is 1.87 bits per heavy atom. The molecule has 0 aliphatic carbocycles. The van der Waals surface area contributed by atoms with Gasteiger partial charge in [0, 0.05) is 24.2 Å². The molecule has 4 rings (SSSR count). The summed E-state index contributed by atoms with van der Waals surface area (Å²) in [5.74, 6) is -1.01. The minimum absolute atomic E-state index is 0.100. The molecule has 5 heteroatoms. The van der Waals surface area contributed by atoms with Gasteiger partial charge in [-0.3, -0.25) is 9.59 Å². The Hall–Kier alpha value is -3.21. The molecule has 0 spiro atoms. The van der Waals surface area contributed by atoms with Gasteiger partial charge in [-0.05, 0) is 59.9 Å². The molecule has 2 amide bonds. The van der Waals surface area contributed by atoms with Gasteiger partial charge in [0.05, 0.1) is 5.92 Å². The molecule has 1 fully saturated rings. The van der Waals surface area contributed by atoms with Gasteiger partial charge >= 0.3 is 0 Å². The summed E-state index contributed by atoms with van der Waals surface area (Å²) < 4.78 is 14.6. The van der Waals surface area contributed by atoms with Gasteiger partial charge in [0.1, 0.15) is 5.82 Å². The maximum Gasteiger partial charge on any atom is 0.253 e. The Balaban J connectivity index is 1.69. The first-order valence-corrected chi connectivity index (χ1v) is 10.3. The van der Waals surface area contributed by atoms with Crippen LogP contribution in [0.25, 0.3) is 21.9 Å². The van der Waals surface area contributed by atoms with Crippen LogP contribution in [0.2, 0.25) is 0 Å². The molecule has 2 N–H and O–H groups in total. The minimum Gasteiger partial charge on any atom is -0.369 e. The standard InChI is InChI=1S/C25H25FN2O2/c1-16-8-10-22(23(26)13-16)21-7-4-6-17-14-18(9-11-20(17)21)25(30)28-12-3-2-5-19(15-28)24(27)29/h4,6-11,13-14,19H,2-3,5,12,15H2,1H3,(H2,27,29). The molecule has 1 heterocycles. The van der Waals surface area contributed by atoms with Crippen molar-refractivity contribution < 1.29 is 14.0 Å². The summed E-state index contributed by atoms with van der Waals surface area (Å²) in [5, 5.41) is 1.77. The highest BCUT2D eigenvalue weighted by Crippen LogP contribution is 2.32. The van der Waals surface area contributed by atoms with Gasteiger partial charge in [-0.1, -0.05) is 42.8 Å². The maximum atomic E-state index is 14.6. The third-order valence-corrected chi connectivity index (χ3v) is 5.90. The number of fused-ring (bicyclic) bond motifs is 1. The van der Waals surface area contributed by atoms with Gasteiger partial charge in [0.15, 0.2) is 0 Å². The Labute approximate surface area is 175 Å². The number of aryl methyl sites for hydroxylation is 1. The van der Waals surface area contributed by atoms with Crippen LogP contribution in [0.5, 0.6) is 0 Å². The quantitative estimate of drug-likeness (QED) is 0.689. The van der Waals surface area contributed by atoms with Crippen LogP contribution in [0.3, 0.4) is 0 Å². The van der Waals surface area contributed by atoms with Crippen LogP contribution in [0, 0.1) is 18.7 Å². The summed E-state index contributed by atoms with van der Waals surface area (Å²) in [6.45, 7) is 2.84. The Bertz CT molecular complexity index is 1130. The number of carbonyl (C=O) groups excluding carboxylic acids is 2. The van der Waals surface area contributed by atoms with E-state index in [1.807, 2.05) is 43.3 Å². The topological polar surface area (TPSA) is 63.4 Å². The summed E-state index contributed by atoms with van der Waals surface area (Å²) in [4.78, 5) is 26.5. The van der Waals surface area contributed by atoms with Gasteiger partial charge in [-0.25, -0.2) is 4.39 Å². The zero-order valence-electron chi connectivity index (χ0n) is 17.0. The molecule has 3 aromatic rings. The van der Waals surface area contributed by atoms with Crippen molar-refractivity contribution in [3.63, 3.8) is 0 Å². The Kier molecular flexibility index (Phi) is 5.53. The van der Waals surface area contributed by atoms with Gasteiger partial charge < -0.3 is 10.6 Å². The zero-order valence-corrected chi connectivity index (χ0v) is 17.0. The van der Waals surface area contributed by atoms with E-state index in [9.17, 15) is 14.0 Å². The highest BCUT2D eigenvalue weighted by Gasteiger charge is 2.26. The van der Waals surface area contributed by atoms with Gasteiger partial charge in [0.2, 0.25) is 5.91 Å². The molecule has 1 unspecified atom stereocenters. The summed E-state index contributed by atoms with van der Waals surface area (Å²) >= 11 is 0. The third-order valence-electron chi connectivity index (χ3n) is 5.90.